The summed E-state index contributed by atoms with van der Waals surface area (Å²) in [5.41, 5.74) is 2.72. The minimum absolute atomic E-state index is 0.0449. The third kappa shape index (κ3) is 5.33. The second kappa shape index (κ2) is 8.03. The molecule has 0 saturated heterocycles. The van der Waals surface area contributed by atoms with Gasteiger partial charge in [0.15, 0.2) is 0 Å². The molecule has 0 aliphatic heterocycles. The first-order valence-electron chi connectivity index (χ1n) is 7.97. The molecule has 0 aromatic carbocycles. The Balaban J connectivity index is 2.26. The summed E-state index contributed by atoms with van der Waals surface area (Å²) in [5.74, 6) is -2.67. The molecule has 2 rings (SSSR count). The Labute approximate surface area is 155 Å². The maximum Gasteiger partial charge on any atom is 0.417 e. The first-order chi connectivity index (χ1) is 12.9. The van der Waals surface area contributed by atoms with E-state index in [1.807, 2.05) is 0 Å². The summed E-state index contributed by atoms with van der Waals surface area (Å²) in [7, 11) is 0. The molecule has 1 aromatic heterocycles. The van der Waals surface area contributed by atoms with Gasteiger partial charge in [-0.05, 0) is 30.5 Å². The molecule has 2 amide bonds. The molecule has 1 aliphatic rings. The van der Waals surface area contributed by atoms with Crippen LogP contribution in [0.2, 0.25) is 0 Å². The summed E-state index contributed by atoms with van der Waals surface area (Å²) in [6.07, 6.45) is -5.98. The van der Waals surface area contributed by atoms with Crippen molar-refractivity contribution < 1.29 is 35.9 Å². The van der Waals surface area contributed by atoms with Crippen LogP contribution in [0.4, 0.5) is 26.3 Å². The van der Waals surface area contributed by atoms with Gasteiger partial charge in [-0.15, -0.1) is 0 Å². The van der Waals surface area contributed by atoms with Crippen molar-refractivity contribution in [3.05, 3.63) is 52.9 Å². The fourth-order valence-electron chi connectivity index (χ4n) is 2.62. The van der Waals surface area contributed by atoms with Gasteiger partial charge in [-0.1, -0.05) is 12.2 Å². The Morgan fingerprint density at radius 3 is 2.14 bits per heavy atom. The molecule has 2 N–H and O–H groups in total. The second-order valence-electron chi connectivity index (χ2n) is 5.98. The number of alkyl halides is 6. The van der Waals surface area contributed by atoms with Gasteiger partial charge >= 0.3 is 24.2 Å². The van der Waals surface area contributed by atoms with E-state index in [2.05, 4.69) is 4.98 Å². The summed E-state index contributed by atoms with van der Waals surface area (Å²) in [4.78, 5) is 27.5. The molecule has 0 radical (unpaired) electrons. The Hall–Kier alpha value is -2.85. The zero-order chi connectivity index (χ0) is 21.1. The number of hydrogen-bond donors (Lipinski definition) is 1. The Bertz CT molecular complexity index is 810. The van der Waals surface area contributed by atoms with E-state index < -0.39 is 48.4 Å². The number of amides is 2. The molecule has 0 unspecified atom stereocenters. The molecule has 0 fully saturated rings. The second-order valence-corrected chi connectivity index (χ2v) is 5.98. The molecule has 28 heavy (non-hydrogen) atoms. The molecular weight excluding hydrogens is 392 g/mol. The average molecular weight is 407 g/mol. The Kier molecular flexibility index (Phi) is 6.15. The monoisotopic (exact) mass is 407 g/mol. The Morgan fingerprint density at radius 1 is 1.00 bits per heavy atom. The highest BCUT2D eigenvalue weighted by Crippen LogP contribution is 2.35. The quantitative estimate of drug-likeness (QED) is 0.616. The van der Waals surface area contributed by atoms with Crippen molar-refractivity contribution in [2.75, 3.05) is 6.54 Å². The maximum atomic E-state index is 13.2. The molecule has 1 heterocycles. The number of nitrogens with two attached hydrogens (primary N) is 1. The molecule has 11 heteroatoms. The third-order valence-electron chi connectivity index (χ3n) is 3.92. The van der Waals surface area contributed by atoms with Gasteiger partial charge in [-0.2, -0.15) is 26.3 Å². The molecule has 1 aliphatic carbocycles. The van der Waals surface area contributed by atoms with Crippen LogP contribution in [0.5, 0.6) is 0 Å². The fourth-order valence-corrected chi connectivity index (χ4v) is 2.62. The number of hydrogen-bond acceptors (Lipinski definition) is 3. The van der Waals surface area contributed by atoms with Crippen LogP contribution in [0.3, 0.4) is 0 Å². The highest BCUT2D eigenvalue weighted by molar-refractivity contribution is 6.34. The number of rotatable bonds is 4. The van der Waals surface area contributed by atoms with Crippen LogP contribution in [0.15, 0.2) is 41.6 Å². The minimum Gasteiger partial charge on any atom is -0.361 e. The van der Waals surface area contributed by atoms with Crippen molar-refractivity contribution in [1.82, 2.24) is 9.88 Å². The smallest absolute Gasteiger partial charge is 0.361 e. The van der Waals surface area contributed by atoms with Crippen LogP contribution >= 0.6 is 0 Å². The van der Waals surface area contributed by atoms with Gasteiger partial charge in [0.2, 0.25) is 0 Å². The van der Waals surface area contributed by atoms with Gasteiger partial charge < -0.3 is 10.6 Å². The zero-order valence-electron chi connectivity index (χ0n) is 14.3. The summed E-state index contributed by atoms with van der Waals surface area (Å²) in [5, 5.41) is 0. The molecule has 0 bridgehead atoms. The number of carbonyl (C=O) groups is 2. The van der Waals surface area contributed by atoms with E-state index in [-0.39, 0.29) is 17.7 Å². The SMILES string of the molecule is NC(=O)C(=O)N(CC1=CCCC=C1C(F)(F)F)Cc1ccc(C(F)(F)F)cn1. The lowest BCUT2D eigenvalue weighted by Gasteiger charge is -2.26. The van der Waals surface area contributed by atoms with Crippen LogP contribution in [-0.4, -0.2) is 34.4 Å². The first-order valence-corrected chi connectivity index (χ1v) is 7.97. The number of pyridine rings is 1. The number of nitrogens with zero attached hydrogens (tertiary/aromatic N) is 2. The highest BCUT2D eigenvalue weighted by Gasteiger charge is 2.37. The predicted octanol–water partition coefficient (Wildman–Crippen LogP) is 3.12. The minimum atomic E-state index is -4.65. The summed E-state index contributed by atoms with van der Waals surface area (Å²) in [6.45, 7) is -1.07. The zero-order valence-corrected chi connectivity index (χ0v) is 14.3. The van der Waals surface area contributed by atoms with E-state index >= 15 is 0 Å². The predicted molar refractivity (Wildman–Crippen MR) is 85.3 cm³/mol. The van der Waals surface area contributed by atoms with Crippen LogP contribution in [0.1, 0.15) is 24.1 Å². The van der Waals surface area contributed by atoms with Crippen molar-refractivity contribution in [3.8, 4) is 0 Å². The van der Waals surface area contributed by atoms with Gasteiger partial charge in [0.1, 0.15) is 0 Å². The van der Waals surface area contributed by atoms with E-state index in [1.165, 1.54) is 6.08 Å². The van der Waals surface area contributed by atoms with Crippen molar-refractivity contribution in [1.29, 1.82) is 0 Å². The van der Waals surface area contributed by atoms with E-state index in [1.54, 1.807) is 0 Å². The third-order valence-corrected chi connectivity index (χ3v) is 3.92. The molecule has 0 atom stereocenters. The van der Waals surface area contributed by atoms with E-state index in [0.717, 1.165) is 18.2 Å². The van der Waals surface area contributed by atoms with Gasteiger partial charge in [-0.3, -0.25) is 14.6 Å². The fraction of sp³-hybridized carbons (Fsp3) is 0.353. The first kappa shape index (κ1) is 21.5. The molecule has 0 spiro atoms. The highest BCUT2D eigenvalue weighted by atomic mass is 19.4. The van der Waals surface area contributed by atoms with Gasteiger partial charge in [0, 0.05) is 12.7 Å². The number of carbonyl (C=O) groups excluding carboxylic acids is 2. The molecule has 1 aromatic rings. The van der Waals surface area contributed by atoms with Gasteiger partial charge in [-0.25, -0.2) is 0 Å². The van der Waals surface area contributed by atoms with Crippen LogP contribution < -0.4 is 5.73 Å². The number of aromatic nitrogens is 1. The van der Waals surface area contributed by atoms with Gasteiger partial charge in [0.25, 0.3) is 0 Å². The summed E-state index contributed by atoms with van der Waals surface area (Å²) >= 11 is 0. The molecule has 152 valence electrons. The average Bonchev–Trinajstić information content (AvgIpc) is 2.59. The van der Waals surface area contributed by atoms with Crippen molar-refractivity contribution in [2.45, 2.75) is 31.7 Å². The van der Waals surface area contributed by atoms with Crippen molar-refractivity contribution in [3.63, 3.8) is 0 Å². The standard InChI is InChI=1S/C17H15F6N3O2/c18-16(19,20)11-5-6-12(25-7-11)9-26(15(28)14(24)27)8-10-3-1-2-4-13(10)17(21,22)23/h3-7H,1-2,8-9H2,(H2,24,27). The lowest BCUT2D eigenvalue weighted by Crippen LogP contribution is -2.41. The normalized spacial score (nSPS) is 14.9. The topological polar surface area (TPSA) is 76.3 Å². The van der Waals surface area contributed by atoms with Gasteiger partial charge in [0.05, 0.1) is 23.4 Å². The number of primary amides is 1. The lowest BCUT2D eigenvalue weighted by atomic mass is 9.96. The number of halogens is 6. The summed E-state index contributed by atoms with van der Waals surface area (Å²) in [6, 6.07) is 1.69. The van der Waals surface area contributed by atoms with E-state index in [0.29, 0.717) is 17.5 Å². The largest absolute Gasteiger partial charge is 0.417 e. The van der Waals surface area contributed by atoms with Crippen LogP contribution in [0, 0.1) is 0 Å². The van der Waals surface area contributed by atoms with Crippen molar-refractivity contribution in [2.24, 2.45) is 5.73 Å². The van der Waals surface area contributed by atoms with E-state index in [9.17, 15) is 35.9 Å². The molecule has 0 saturated carbocycles. The van der Waals surface area contributed by atoms with Crippen molar-refractivity contribution >= 4 is 11.8 Å². The molecule has 5 nitrogen and oxygen atoms in total. The maximum absolute atomic E-state index is 13.2. The van der Waals surface area contributed by atoms with E-state index in [4.69, 9.17) is 5.73 Å². The Morgan fingerprint density at radius 2 is 1.64 bits per heavy atom. The van der Waals surface area contributed by atoms with Crippen LogP contribution in [-0.2, 0) is 22.3 Å². The molecular formula is C17H15F6N3O2. The van der Waals surface area contributed by atoms with Crippen LogP contribution in [0.25, 0.3) is 0 Å². The summed E-state index contributed by atoms with van der Waals surface area (Å²) < 4.78 is 77.3. The lowest BCUT2D eigenvalue weighted by molar-refractivity contribution is -0.144. The number of allylic oxidation sites excluding steroid dienone is 2.